The molecule has 1 aromatic heterocycles. The molecule has 2 amide bonds. The van der Waals surface area contributed by atoms with Gasteiger partial charge in [0.15, 0.2) is 0 Å². The summed E-state index contributed by atoms with van der Waals surface area (Å²) < 4.78 is 29.9. The highest BCUT2D eigenvalue weighted by atomic mass is 32.2. The largest absolute Gasteiger partial charge is 0.462 e. The number of carbonyl (C=O) groups excluding carboxylic acids is 3. The molecule has 3 rings (SSSR count). The van der Waals surface area contributed by atoms with Crippen molar-refractivity contribution in [2.75, 3.05) is 37.8 Å². The first-order valence-corrected chi connectivity index (χ1v) is 12.6. The van der Waals surface area contributed by atoms with Crippen molar-refractivity contribution in [2.24, 2.45) is 5.92 Å². The van der Waals surface area contributed by atoms with Crippen LogP contribution in [0.25, 0.3) is 0 Å². The molecule has 0 unspecified atom stereocenters. The molecule has 30 heavy (non-hydrogen) atoms. The van der Waals surface area contributed by atoms with Gasteiger partial charge in [-0.3, -0.25) is 9.59 Å². The maximum atomic E-state index is 12.9. The Labute approximate surface area is 180 Å². The van der Waals surface area contributed by atoms with Crippen molar-refractivity contribution in [3.63, 3.8) is 0 Å². The van der Waals surface area contributed by atoms with E-state index in [0.29, 0.717) is 56.0 Å². The molecule has 3 heterocycles. The number of rotatable bonds is 5. The Bertz CT molecular complexity index is 948. The first-order valence-electron chi connectivity index (χ1n) is 9.95. The number of hydrogen-bond acceptors (Lipinski definition) is 7. The second kappa shape index (κ2) is 9.03. The second-order valence-electron chi connectivity index (χ2n) is 7.54. The fraction of sp³-hybridized carbons (Fsp3) is 0.632. The van der Waals surface area contributed by atoms with E-state index in [-0.39, 0.29) is 24.3 Å². The Morgan fingerprint density at radius 3 is 2.43 bits per heavy atom. The number of hydrogen-bond donors (Lipinski definition) is 1. The van der Waals surface area contributed by atoms with Crippen LogP contribution in [0.15, 0.2) is 0 Å². The summed E-state index contributed by atoms with van der Waals surface area (Å²) in [6.07, 6.45) is 2.55. The lowest BCUT2D eigenvalue weighted by Crippen LogP contribution is -2.40. The zero-order chi connectivity index (χ0) is 22.1. The lowest BCUT2D eigenvalue weighted by Gasteiger charge is -2.29. The standard InChI is InChI=1S/C19H27N3O6S2/c1-4-28-19(25)16-14-7-8-21(12(2)23)11-15(14)29-18(16)20-17(24)13-5-9-22(10-6-13)30(3,26)27/h13H,4-11H2,1-3H3,(H,20,24). The molecule has 1 saturated heterocycles. The maximum Gasteiger partial charge on any atom is 0.341 e. The number of fused-ring (bicyclic) bond motifs is 1. The summed E-state index contributed by atoms with van der Waals surface area (Å²) in [7, 11) is -3.26. The smallest absolute Gasteiger partial charge is 0.341 e. The van der Waals surface area contributed by atoms with E-state index in [2.05, 4.69) is 5.32 Å². The fourth-order valence-corrected chi connectivity index (χ4v) is 5.97. The molecule has 0 radical (unpaired) electrons. The molecule has 166 valence electrons. The van der Waals surface area contributed by atoms with Gasteiger partial charge in [-0.15, -0.1) is 11.3 Å². The summed E-state index contributed by atoms with van der Waals surface area (Å²) in [5.74, 6) is -1.06. The molecule has 0 bridgehead atoms. The van der Waals surface area contributed by atoms with Crippen LogP contribution in [0.5, 0.6) is 0 Å². The number of thiophene rings is 1. The lowest BCUT2D eigenvalue weighted by molar-refractivity contribution is -0.129. The molecule has 0 aromatic carbocycles. The summed E-state index contributed by atoms with van der Waals surface area (Å²) >= 11 is 1.30. The van der Waals surface area contributed by atoms with Gasteiger partial charge in [0.05, 0.1) is 25.0 Å². The van der Waals surface area contributed by atoms with Crippen LogP contribution in [0.4, 0.5) is 5.00 Å². The Hall–Kier alpha value is -1.98. The zero-order valence-corrected chi connectivity index (χ0v) is 19.0. The zero-order valence-electron chi connectivity index (χ0n) is 17.4. The highest BCUT2D eigenvalue weighted by Crippen LogP contribution is 2.38. The first kappa shape index (κ1) is 22.7. The second-order valence-corrected chi connectivity index (χ2v) is 10.6. The van der Waals surface area contributed by atoms with E-state index in [1.165, 1.54) is 28.8 Å². The minimum atomic E-state index is -3.26. The molecular formula is C19H27N3O6S2. The van der Waals surface area contributed by atoms with Gasteiger partial charge in [0.2, 0.25) is 21.8 Å². The van der Waals surface area contributed by atoms with Crippen molar-refractivity contribution in [3.05, 3.63) is 16.0 Å². The minimum Gasteiger partial charge on any atom is -0.462 e. The number of ether oxygens (including phenoxy) is 1. The molecule has 9 nitrogen and oxygen atoms in total. The summed E-state index contributed by atoms with van der Waals surface area (Å²) in [4.78, 5) is 39.8. The average Bonchev–Trinajstić information content (AvgIpc) is 3.04. The SMILES string of the molecule is CCOC(=O)c1c(NC(=O)C2CCN(S(C)(=O)=O)CC2)sc2c1CCN(C(C)=O)C2. The Balaban J connectivity index is 1.79. The van der Waals surface area contributed by atoms with Crippen LogP contribution in [-0.2, 0) is 37.3 Å². The Kier molecular flexibility index (Phi) is 6.83. The number of piperidine rings is 1. The third-order valence-corrected chi connectivity index (χ3v) is 7.95. The van der Waals surface area contributed by atoms with Crippen molar-refractivity contribution in [1.82, 2.24) is 9.21 Å². The van der Waals surface area contributed by atoms with Crippen molar-refractivity contribution < 1.29 is 27.5 Å². The molecule has 11 heteroatoms. The van der Waals surface area contributed by atoms with E-state index in [0.717, 1.165) is 10.4 Å². The highest BCUT2D eigenvalue weighted by Gasteiger charge is 2.33. The molecule has 0 atom stereocenters. The van der Waals surface area contributed by atoms with Gasteiger partial charge in [0.25, 0.3) is 0 Å². The normalized spacial score (nSPS) is 18.0. The third-order valence-electron chi connectivity index (χ3n) is 5.51. The van der Waals surface area contributed by atoms with Gasteiger partial charge in [-0.25, -0.2) is 17.5 Å². The van der Waals surface area contributed by atoms with Gasteiger partial charge in [-0.05, 0) is 31.7 Å². The Morgan fingerprint density at radius 1 is 1.20 bits per heavy atom. The van der Waals surface area contributed by atoms with Crippen molar-refractivity contribution in [1.29, 1.82) is 0 Å². The first-order chi connectivity index (χ1) is 14.1. The van der Waals surface area contributed by atoms with E-state index in [4.69, 9.17) is 4.74 Å². The number of carbonyl (C=O) groups is 3. The molecule has 1 aromatic rings. The Morgan fingerprint density at radius 2 is 1.87 bits per heavy atom. The van der Waals surface area contributed by atoms with Gasteiger partial charge in [0.1, 0.15) is 5.00 Å². The summed E-state index contributed by atoms with van der Waals surface area (Å²) in [6.45, 7) is 4.98. The fourth-order valence-electron chi connectivity index (χ4n) is 3.84. The summed E-state index contributed by atoms with van der Waals surface area (Å²) in [5.41, 5.74) is 1.21. The van der Waals surface area contributed by atoms with E-state index < -0.39 is 16.0 Å². The van der Waals surface area contributed by atoms with Crippen LogP contribution in [0.2, 0.25) is 0 Å². The van der Waals surface area contributed by atoms with Crippen LogP contribution in [0.3, 0.4) is 0 Å². The number of nitrogens with zero attached hydrogens (tertiary/aromatic N) is 2. The topological polar surface area (TPSA) is 113 Å². The number of anilines is 1. The molecule has 2 aliphatic rings. The van der Waals surface area contributed by atoms with Crippen molar-refractivity contribution >= 4 is 44.1 Å². The monoisotopic (exact) mass is 457 g/mol. The molecule has 1 fully saturated rings. The third kappa shape index (κ3) is 4.84. The van der Waals surface area contributed by atoms with Crippen LogP contribution < -0.4 is 5.32 Å². The summed E-state index contributed by atoms with van der Waals surface area (Å²) in [6, 6.07) is 0. The van der Waals surface area contributed by atoms with Gasteiger partial charge in [-0.1, -0.05) is 0 Å². The van der Waals surface area contributed by atoms with E-state index in [1.807, 2.05) is 0 Å². The molecular weight excluding hydrogens is 430 g/mol. The highest BCUT2D eigenvalue weighted by molar-refractivity contribution is 7.88. The molecule has 2 aliphatic heterocycles. The van der Waals surface area contributed by atoms with Crippen LogP contribution in [-0.4, -0.2) is 67.9 Å². The predicted octanol–water partition coefficient (Wildman–Crippen LogP) is 1.44. The van der Waals surface area contributed by atoms with Gasteiger partial charge < -0.3 is 15.0 Å². The van der Waals surface area contributed by atoms with Crippen LogP contribution in [0, 0.1) is 5.92 Å². The summed E-state index contributed by atoms with van der Waals surface area (Å²) in [5, 5.41) is 3.33. The number of sulfonamides is 1. The minimum absolute atomic E-state index is 0.0324. The lowest BCUT2D eigenvalue weighted by atomic mass is 9.97. The molecule has 0 spiro atoms. The number of amides is 2. The van der Waals surface area contributed by atoms with Gasteiger partial charge in [0, 0.05) is 37.4 Å². The van der Waals surface area contributed by atoms with Crippen LogP contribution in [0.1, 0.15) is 47.5 Å². The number of esters is 1. The molecule has 0 aliphatic carbocycles. The van der Waals surface area contributed by atoms with Gasteiger partial charge >= 0.3 is 5.97 Å². The molecule has 1 N–H and O–H groups in total. The van der Waals surface area contributed by atoms with E-state index >= 15 is 0 Å². The van der Waals surface area contributed by atoms with Crippen molar-refractivity contribution in [3.8, 4) is 0 Å². The van der Waals surface area contributed by atoms with E-state index in [1.54, 1.807) is 11.8 Å². The average molecular weight is 458 g/mol. The van der Waals surface area contributed by atoms with Gasteiger partial charge in [-0.2, -0.15) is 0 Å². The quantitative estimate of drug-likeness (QED) is 0.670. The van der Waals surface area contributed by atoms with Crippen LogP contribution >= 0.6 is 11.3 Å². The number of nitrogens with one attached hydrogen (secondary N) is 1. The predicted molar refractivity (Wildman–Crippen MR) is 113 cm³/mol. The van der Waals surface area contributed by atoms with Crippen molar-refractivity contribution in [2.45, 2.75) is 39.7 Å². The van der Waals surface area contributed by atoms with E-state index in [9.17, 15) is 22.8 Å². The molecule has 0 saturated carbocycles. The maximum absolute atomic E-state index is 12.9.